The van der Waals surface area contributed by atoms with Crippen molar-refractivity contribution in [2.24, 2.45) is 0 Å². The maximum absolute atomic E-state index is 11.4. The Labute approximate surface area is 127 Å². The molecule has 0 aliphatic rings. The maximum atomic E-state index is 11.4. The lowest BCUT2D eigenvalue weighted by Gasteiger charge is -2.07. The lowest BCUT2D eigenvalue weighted by atomic mass is 10.1. The van der Waals surface area contributed by atoms with Gasteiger partial charge in [0.05, 0.1) is 4.92 Å². The Hall–Kier alpha value is -2.96. The Kier molecular flexibility index (Phi) is 4.67. The van der Waals surface area contributed by atoms with E-state index in [0.717, 1.165) is 5.56 Å². The number of rotatable bonds is 5. The summed E-state index contributed by atoms with van der Waals surface area (Å²) in [5.74, 6) is -0.200. The second kappa shape index (κ2) is 6.66. The number of aryl methyl sites for hydroxylation is 1. The first-order valence-electron chi connectivity index (χ1n) is 6.56. The second-order valence-electron chi connectivity index (χ2n) is 4.66. The van der Waals surface area contributed by atoms with Crippen LogP contribution in [-0.4, -0.2) is 22.9 Å². The van der Waals surface area contributed by atoms with Crippen LogP contribution in [0.3, 0.4) is 0 Å². The summed E-state index contributed by atoms with van der Waals surface area (Å²) >= 11 is 0. The van der Waals surface area contributed by atoms with Gasteiger partial charge in [-0.1, -0.05) is 12.1 Å². The molecular formula is C15H15N3O4. The van der Waals surface area contributed by atoms with E-state index >= 15 is 0 Å². The molecule has 0 fully saturated rings. The van der Waals surface area contributed by atoms with Gasteiger partial charge in [-0.15, -0.1) is 0 Å². The van der Waals surface area contributed by atoms with E-state index in [1.54, 1.807) is 38.2 Å². The Morgan fingerprint density at radius 2 is 2.05 bits per heavy atom. The second-order valence-corrected chi connectivity index (χ2v) is 4.66. The summed E-state index contributed by atoms with van der Waals surface area (Å²) in [7, 11) is 1.56. The number of hydrogen-bond donors (Lipinski definition) is 1. The number of ether oxygens (including phenoxy) is 1. The summed E-state index contributed by atoms with van der Waals surface area (Å²) < 4.78 is 5.41. The van der Waals surface area contributed by atoms with Crippen molar-refractivity contribution in [2.75, 3.05) is 7.05 Å². The van der Waals surface area contributed by atoms with E-state index in [0.29, 0.717) is 11.1 Å². The molecule has 7 nitrogen and oxygen atoms in total. The number of pyridine rings is 1. The predicted octanol–water partition coefficient (Wildman–Crippen LogP) is 2.24. The Balaban J connectivity index is 2.10. The quantitative estimate of drug-likeness (QED) is 0.675. The number of hydrogen-bond acceptors (Lipinski definition) is 5. The third-order valence-corrected chi connectivity index (χ3v) is 2.98. The van der Waals surface area contributed by atoms with Crippen LogP contribution in [0.15, 0.2) is 36.5 Å². The number of carbonyl (C=O) groups excluding carboxylic acids is 1. The molecule has 0 saturated carbocycles. The summed E-state index contributed by atoms with van der Waals surface area (Å²) in [6.07, 6.45) is 1.51. The van der Waals surface area contributed by atoms with E-state index in [9.17, 15) is 14.9 Å². The molecule has 22 heavy (non-hydrogen) atoms. The molecule has 1 aromatic carbocycles. The monoisotopic (exact) mass is 301 g/mol. The van der Waals surface area contributed by atoms with Gasteiger partial charge in [-0.2, -0.15) is 0 Å². The zero-order valence-corrected chi connectivity index (χ0v) is 12.2. The van der Waals surface area contributed by atoms with E-state index in [1.807, 2.05) is 0 Å². The molecule has 1 amide bonds. The van der Waals surface area contributed by atoms with Gasteiger partial charge < -0.3 is 10.1 Å². The van der Waals surface area contributed by atoms with Gasteiger partial charge in [-0.25, -0.2) is 4.98 Å². The fourth-order valence-corrected chi connectivity index (χ4v) is 1.83. The lowest BCUT2D eigenvalue weighted by Crippen LogP contribution is -2.17. The van der Waals surface area contributed by atoms with Crippen molar-refractivity contribution in [3.63, 3.8) is 0 Å². The van der Waals surface area contributed by atoms with Crippen LogP contribution in [0.1, 0.15) is 21.5 Å². The van der Waals surface area contributed by atoms with Crippen molar-refractivity contribution < 1.29 is 14.5 Å². The van der Waals surface area contributed by atoms with Gasteiger partial charge in [-0.3, -0.25) is 14.9 Å². The van der Waals surface area contributed by atoms with Gasteiger partial charge in [0, 0.05) is 24.9 Å². The highest BCUT2D eigenvalue weighted by Gasteiger charge is 2.17. The topological polar surface area (TPSA) is 94.4 Å². The van der Waals surface area contributed by atoms with Gasteiger partial charge in [0.2, 0.25) is 0 Å². The minimum atomic E-state index is -0.524. The van der Waals surface area contributed by atoms with E-state index in [2.05, 4.69) is 10.3 Å². The van der Waals surface area contributed by atoms with Crippen LogP contribution < -0.4 is 10.1 Å². The highest BCUT2D eigenvalue weighted by molar-refractivity contribution is 5.93. The lowest BCUT2D eigenvalue weighted by molar-refractivity contribution is -0.386. The third-order valence-electron chi connectivity index (χ3n) is 2.98. The largest absolute Gasteiger partial charge is 0.468 e. The van der Waals surface area contributed by atoms with Gasteiger partial charge in [-0.05, 0) is 30.2 Å². The molecule has 0 aliphatic heterocycles. The third kappa shape index (κ3) is 3.57. The van der Waals surface area contributed by atoms with Crippen LogP contribution in [0.25, 0.3) is 0 Å². The minimum Gasteiger partial charge on any atom is -0.468 e. The summed E-state index contributed by atoms with van der Waals surface area (Å²) in [5.41, 5.74) is 1.84. The normalized spacial score (nSPS) is 10.1. The standard InChI is InChI=1S/C15H15N3O4/c1-10-7-13(18(20)21)15(17-8-10)22-9-11-3-5-12(6-4-11)14(19)16-2/h3-8H,9H2,1-2H3,(H,16,19). The van der Waals surface area contributed by atoms with Gasteiger partial charge >= 0.3 is 5.69 Å². The molecule has 1 N–H and O–H groups in total. The summed E-state index contributed by atoms with van der Waals surface area (Å²) in [6.45, 7) is 1.85. The molecule has 114 valence electrons. The van der Waals surface area contributed by atoms with Crippen LogP contribution in [0.2, 0.25) is 0 Å². The molecular weight excluding hydrogens is 286 g/mol. The molecule has 0 bridgehead atoms. The fraction of sp³-hybridized carbons (Fsp3) is 0.200. The first-order valence-corrected chi connectivity index (χ1v) is 6.56. The van der Waals surface area contributed by atoms with Crippen molar-refractivity contribution >= 4 is 11.6 Å². The highest BCUT2D eigenvalue weighted by Crippen LogP contribution is 2.25. The van der Waals surface area contributed by atoms with E-state index in [-0.39, 0.29) is 24.1 Å². The summed E-state index contributed by atoms with van der Waals surface area (Å²) in [4.78, 5) is 25.8. The van der Waals surface area contributed by atoms with Crippen molar-refractivity contribution in [3.05, 3.63) is 63.3 Å². The molecule has 0 radical (unpaired) electrons. The highest BCUT2D eigenvalue weighted by atomic mass is 16.6. The van der Waals surface area contributed by atoms with Crippen molar-refractivity contribution in [3.8, 4) is 5.88 Å². The van der Waals surface area contributed by atoms with E-state index in [1.165, 1.54) is 12.3 Å². The zero-order valence-electron chi connectivity index (χ0n) is 12.2. The van der Waals surface area contributed by atoms with E-state index < -0.39 is 4.92 Å². The summed E-state index contributed by atoms with van der Waals surface area (Å²) in [5, 5.41) is 13.5. The molecule has 0 aliphatic carbocycles. The molecule has 2 aromatic rings. The van der Waals surface area contributed by atoms with Crippen LogP contribution in [0.4, 0.5) is 5.69 Å². The number of aromatic nitrogens is 1. The number of carbonyl (C=O) groups is 1. The average molecular weight is 301 g/mol. The van der Waals surface area contributed by atoms with Gasteiger partial charge in [0.15, 0.2) is 0 Å². The number of nitrogens with one attached hydrogen (secondary N) is 1. The number of nitro groups is 1. The molecule has 0 atom stereocenters. The molecule has 0 saturated heterocycles. The predicted molar refractivity (Wildman–Crippen MR) is 79.8 cm³/mol. The molecule has 1 aromatic heterocycles. The van der Waals surface area contributed by atoms with Crippen molar-refractivity contribution in [1.82, 2.24) is 10.3 Å². The summed E-state index contributed by atoms with van der Waals surface area (Å²) in [6, 6.07) is 8.19. The van der Waals surface area contributed by atoms with E-state index in [4.69, 9.17) is 4.74 Å². The zero-order chi connectivity index (χ0) is 16.1. The van der Waals surface area contributed by atoms with Crippen LogP contribution >= 0.6 is 0 Å². The molecule has 7 heteroatoms. The van der Waals surface area contributed by atoms with Crippen LogP contribution in [0, 0.1) is 17.0 Å². The molecule has 0 unspecified atom stereocenters. The first kappa shape index (κ1) is 15.4. The first-order chi connectivity index (χ1) is 10.5. The van der Waals surface area contributed by atoms with Crippen molar-refractivity contribution in [2.45, 2.75) is 13.5 Å². The average Bonchev–Trinajstić information content (AvgIpc) is 2.53. The van der Waals surface area contributed by atoms with Crippen molar-refractivity contribution in [1.29, 1.82) is 0 Å². The minimum absolute atomic E-state index is 0.0222. The number of nitrogens with zero attached hydrogens (tertiary/aromatic N) is 2. The number of amides is 1. The maximum Gasteiger partial charge on any atom is 0.331 e. The van der Waals surface area contributed by atoms with Gasteiger partial charge in [0.25, 0.3) is 11.8 Å². The van der Waals surface area contributed by atoms with Crippen LogP contribution in [0.5, 0.6) is 5.88 Å². The fourth-order valence-electron chi connectivity index (χ4n) is 1.83. The Morgan fingerprint density at radius 3 is 2.64 bits per heavy atom. The number of benzene rings is 1. The smallest absolute Gasteiger partial charge is 0.331 e. The molecule has 0 spiro atoms. The van der Waals surface area contributed by atoms with Crippen LogP contribution in [-0.2, 0) is 6.61 Å². The van der Waals surface area contributed by atoms with Gasteiger partial charge in [0.1, 0.15) is 6.61 Å². The SMILES string of the molecule is CNC(=O)c1ccc(COc2ncc(C)cc2[N+](=O)[O-])cc1. The Morgan fingerprint density at radius 1 is 1.36 bits per heavy atom. The molecule has 2 rings (SSSR count). The molecule has 1 heterocycles. The Bertz CT molecular complexity index is 698.